The van der Waals surface area contributed by atoms with E-state index in [9.17, 15) is 12.8 Å². The van der Waals surface area contributed by atoms with E-state index < -0.39 is 21.9 Å². The molecule has 2 rings (SSSR count). The normalized spacial score (nSPS) is 13.0. The summed E-state index contributed by atoms with van der Waals surface area (Å²) < 4.78 is 50.8. The van der Waals surface area contributed by atoms with Crippen molar-refractivity contribution >= 4 is 21.4 Å². The van der Waals surface area contributed by atoms with E-state index in [1.54, 1.807) is 0 Å². The molecule has 0 aliphatic rings. The molecule has 0 amide bonds. The molecule has 23 heavy (non-hydrogen) atoms. The summed E-state index contributed by atoms with van der Waals surface area (Å²) in [4.78, 5) is 1.88. The third-order valence-corrected chi connectivity index (χ3v) is 5.77. The molecular weight excluding hydrogens is 341 g/mol. The molecular formula is C15H18FNO4S2. The van der Waals surface area contributed by atoms with Crippen LogP contribution in [0.15, 0.2) is 35.2 Å². The highest BCUT2D eigenvalue weighted by Gasteiger charge is 2.20. The quantitative estimate of drug-likeness (QED) is 0.826. The fourth-order valence-electron chi connectivity index (χ4n) is 2.01. The van der Waals surface area contributed by atoms with Gasteiger partial charge in [-0.2, -0.15) is 0 Å². The van der Waals surface area contributed by atoms with Crippen LogP contribution in [-0.2, 0) is 14.8 Å². The number of rotatable bonds is 7. The summed E-state index contributed by atoms with van der Waals surface area (Å²) >= 11 is 1.54. The van der Waals surface area contributed by atoms with Crippen LogP contribution in [0.4, 0.5) is 4.39 Å². The molecule has 1 unspecified atom stereocenters. The highest BCUT2D eigenvalue weighted by atomic mass is 32.2. The van der Waals surface area contributed by atoms with Gasteiger partial charge in [0.2, 0.25) is 10.0 Å². The Kier molecular flexibility index (Phi) is 5.74. The van der Waals surface area contributed by atoms with Gasteiger partial charge < -0.3 is 9.47 Å². The van der Waals surface area contributed by atoms with Crippen molar-refractivity contribution in [3.05, 3.63) is 45.9 Å². The predicted octanol–water partition coefficient (Wildman–Crippen LogP) is 2.87. The minimum absolute atomic E-state index is 0.00669. The van der Waals surface area contributed by atoms with Crippen LogP contribution in [0.5, 0.6) is 5.75 Å². The summed E-state index contributed by atoms with van der Waals surface area (Å²) in [5, 5.41) is 0. The van der Waals surface area contributed by atoms with Crippen molar-refractivity contribution in [2.45, 2.75) is 17.9 Å². The number of hydrogen-bond acceptors (Lipinski definition) is 5. The lowest BCUT2D eigenvalue weighted by Crippen LogP contribution is -2.29. The van der Waals surface area contributed by atoms with Gasteiger partial charge in [-0.1, -0.05) is 0 Å². The summed E-state index contributed by atoms with van der Waals surface area (Å²) in [7, 11) is -1.00. The maximum Gasteiger partial charge on any atom is 0.240 e. The van der Waals surface area contributed by atoms with Crippen molar-refractivity contribution < 1.29 is 22.3 Å². The van der Waals surface area contributed by atoms with Crippen LogP contribution in [0.3, 0.4) is 0 Å². The molecule has 1 aromatic heterocycles. The molecule has 5 nitrogen and oxygen atoms in total. The molecule has 0 aliphatic carbocycles. The van der Waals surface area contributed by atoms with Crippen LogP contribution >= 0.6 is 11.3 Å². The zero-order chi connectivity index (χ0) is 17.0. The second-order valence-electron chi connectivity index (χ2n) is 4.82. The number of methoxy groups -OCH3 is 2. The first-order valence-electron chi connectivity index (χ1n) is 6.79. The van der Waals surface area contributed by atoms with E-state index in [4.69, 9.17) is 9.47 Å². The van der Waals surface area contributed by atoms with Gasteiger partial charge in [-0.05, 0) is 37.3 Å². The minimum Gasteiger partial charge on any atom is -0.494 e. The van der Waals surface area contributed by atoms with Crippen LogP contribution in [0, 0.1) is 12.7 Å². The SMILES string of the molecule is COc1ccc(S(=O)(=O)NCC(OC)c2ccc(C)s2)cc1F. The van der Waals surface area contributed by atoms with Gasteiger partial charge in [-0.25, -0.2) is 17.5 Å². The zero-order valence-corrected chi connectivity index (χ0v) is 14.6. The van der Waals surface area contributed by atoms with E-state index >= 15 is 0 Å². The molecule has 0 aliphatic heterocycles. The molecule has 0 bridgehead atoms. The predicted molar refractivity (Wildman–Crippen MR) is 86.9 cm³/mol. The van der Waals surface area contributed by atoms with Gasteiger partial charge in [0.05, 0.1) is 12.0 Å². The number of ether oxygens (including phenoxy) is 2. The summed E-state index contributed by atoms with van der Waals surface area (Å²) in [6.45, 7) is 2.03. The maximum absolute atomic E-state index is 13.7. The lowest BCUT2D eigenvalue weighted by atomic mass is 10.3. The summed E-state index contributed by atoms with van der Waals surface area (Å²) in [6, 6.07) is 7.34. The third kappa shape index (κ3) is 4.29. The number of halogens is 1. The lowest BCUT2D eigenvalue weighted by Gasteiger charge is -2.15. The molecule has 1 N–H and O–H groups in total. The summed E-state index contributed by atoms with van der Waals surface area (Å²) in [5.74, 6) is -0.736. The van der Waals surface area contributed by atoms with Gasteiger partial charge in [-0.15, -0.1) is 11.3 Å². The molecule has 2 aromatic rings. The average Bonchev–Trinajstić information content (AvgIpc) is 2.94. The van der Waals surface area contributed by atoms with Crippen molar-refractivity contribution in [2.24, 2.45) is 0 Å². The first-order chi connectivity index (χ1) is 10.9. The Labute approximate surface area is 139 Å². The third-order valence-electron chi connectivity index (χ3n) is 3.26. The van der Waals surface area contributed by atoms with Crippen molar-refractivity contribution in [3.8, 4) is 5.75 Å². The van der Waals surface area contributed by atoms with Crippen LogP contribution in [-0.4, -0.2) is 29.2 Å². The van der Waals surface area contributed by atoms with E-state index in [1.807, 2.05) is 19.1 Å². The number of aryl methyl sites for hydroxylation is 1. The lowest BCUT2D eigenvalue weighted by molar-refractivity contribution is 0.110. The number of benzene rings is 1. The second-order valence-corrected chi connectivity index (χ2v) is 7.91. The number of thiophene rings is 1. The van der Waals surface area contributed by atoms with Crippen molar-refractivity contribution in [1.82, 2.24) is 4.72 Å². The fourth-order valence-corrected chi connectivity index (χ4v) is 4.01. The summed E-state index contributed by atoms with van der Waals surface area (Å²) in [5.41, 5.74) is 0. The Hall–Kier alpha value is -1.48. The van der Waals surface area contributed by atoms with Crippen LogP contribution < -0.4 is 9.46 Å². The smallest absolute Gasteiger partial charge is 0.240 e. The van der Waals surface area contributed by atoms with Gasteiger partial charge in [0.15, 0.2) is 11.6 Å². The Bertz CT molecular complexity index is 774. The number of nitrogens with one attached hydrogen (secondary N) is 1. The molecule has 126 valence electrons. The molecule has 0 radical (unpaired) electrons. The van der Waals surface area contributed by atoms with Gasteiger partial charge in [0, 0.05) is 23.4 Å². The van der Waals surface area contributed by atoms with Gasteiger partial charge in [0.25, 0.3) is 0 Å². The standard InChI is InChI=1S/C15H18FNO4S2/c1-10-4-7-15(22-10)14(21-3)9-17-23(18,19)11-5-6-13(20-2)12(16)8-11/h4-8,14,17H,9H2,1-3H3. The van der Waals surface area contributed by atoms with E-state index in [0.29, 0.717) is 0 Å². The molecule has 8 heteroatoms. The maximum atomic E-state index is 13.7. The fraction of sp³-hybridized carbons (Fsp3) is 0.333. The van der Waals surface area contributed by atoms with E-state index in [0.717, 1.165) is 15.8 Å². The first-order valence-corrected chi connectivity index (χ1v) is 9.09. The molecule has 0 saturated carbocycles. The largest absolute Gasteiger partial charge is 0.494 e. The van der Waals surface area contributed by atoms with Gasteiger partial charge in [0.1, 0.15) is 6.10 Å². The second kappa shape index (κ2) is 7.39. The van der Waals surface area contributed by atoms with Gasteiger partial charge in [-0.3, -0.25) is 0 Å². The van der Waals surface area contributed by atoms with Crippen LogP contribution in [0.2, 0.25) is 0 Å². The average molecular weight is 359 g/mol. The molecule has 0 fully saturated rings. The minimum atomic E-state index is -3.84. The molecule has 1 atom stereocenters. The van der Waals surface area contributed by atoms with E-state index in [-0.39, 0.29) is 17.2 Å². The molecule has 1 aromatic carbocycles. The topological polar surface area (TPSA) is 64.6 Å². The highest BCUT2D eigenvalue weighted by Crippen LogP contribution is 2.25. The van der Waals surface area contributed by atoms with Crippen molar-refractivity contribution in [2.75, 3.05) is 20.8 Å². The van der Waals surface area contributed by atoms with E-state index in [1.165, 1.54) is 37.7 Å². The highest BCUT2D eigenvalue weighted by molar-refractivity contribution is 7.89. The van der Waals surface area contributed by atoms with Crippen LogP contribution in [0.25, 0.3) is 0 Å². The molecule has 0 saturated heterocycles. The van der Waals surface area contributed by atoms with Crippen molar-refractivity contribution in [3.63, 3.8) is 0 Å². The Balaban J connectivity index is 2.13. The Morgan fingerprint density at radius 2 is 2.00 bits per heavy atom. The van der Waals surface area contributed by atoms with Crippen LogP contribution in [0.1, 0.15) is 15.9 Å². The Morgan fingerprint density at radius 3 is 2.52 bits per heavy atom. The molecule has 1 heterocycles. The monoisotopic (exact) mass is 359 g/mol. The van der Waals surface area contributed by atoms with Gasteiger partial charge >= 0.3 is 0 Å². The first kappa shape index (κ1) is 17.9. The number of sulfonamides is 1. The summed E-state index contributed by atoms with van der Waals surface area (Å²) in [6.07, 6.45) is -0.397. The van der Waals surface area contributed by atoms with E-state index in [2.05, 4.69) is 4.72 Å². The van der Waals surface area contributed by atoms with Crippen molar-refractivity contribution in [1.29, 1.82) is 0 Å². The number of hydrogen-bond donors (Lipinski definition) is 1. The molecule has 0 spiro atoms. The zero-order valence-electron chi connectivity index (χ0n) is 13.0. The Morgan fingerprint density at radius 1 is 1.26 bits per heavy atom.